The van der Waals surface area contributed by atoms with Gasteiger partial charge in [0.1, 0.15) is 0 Å². The number of esters is 1. The zero-order valence-electron chi connectivity index (χ0n) is 15.3. The smallest absolute Gasteiger partial charge is 0.338 e. The van der Waals surface area contributed by atoms with Crippen molar-refractivity contribution in [3.05, 3.63) is 64.7 Å². The number of amides is 1. The van der Waals surface area contributed by atoms with E-state index in [0.717, 1.165) is 17.5 Å². The molecular weight excluding hydrogens is 314 g/mol. The first kappa shape index (κ1) is 18.7. The molecule has 0 unspecified atom stereocenters. The molecule has 1 amide bonds. The molecule has 0 aromatic heterocycles. The van der Waals surface area contributed by atoms with Crippen molar-refractivity contribution >= 4 is 17.6 Å². The second kappa shape index (κ2) is 8.47. The number of anilines is 1. The maximum Gasteiger partial charge on any atom is 0.338 e. The summed E-state index contributed by atoms with van der Waals surface area (Å²) >= 11 is 0. The van der Waals surface area contributed by atoms with Crippen molar-refractivity contribution in [3.63, 3.8) is 0 Å². The van der Waals surface area contributed by atoms with Gasteiger partial charge < -0.3 is 10.1 Å². The van der Waals surface area contributed by atoms with Gasteiger partial charge in [-0.1, -0.05) is 43.2 Å². The largest absolute Gasteiger partial charge is 0.452 e. The Morgan fingerprint density at radius 3 is 2.20 bits per heavy atom. The molecule has 0 fully saturated rings. The monoisotopic (exact) mass is 339 g/mol. The molecule has 0 saturated carbocycles. The van der Waals surface area contributed by atoms with Gasteiger partial charge in [-0.3, -0.25) is 4.79 Å². The predicted molar refractivity (Wildman–Crippen MR) is 100.0 cm³/mol. The summed E-state index contributed by atoms with van der Waals surface area (Å²) in [5.74, 6) is -0.355. The van der Waals surface area contributed by atoms with E-state index in [1.165, 1.54) is 5.56 Å². The van der Waals surface area contributed by atoms with Crippen LogP contribution in [0.2, 0.25) is 0 Å². The minimum atomic E-state index is -0.492. The lowest BCUT2D eigenvalue weighted by Gasteiger charge is -2.11. The van der Waals surface area contributed by atoms with Crippen molar-refractivity contribution in [2.45, 2.75) is 40.0 Å². The number of aryl methyl sites for hydroxylation is 2. The van der Waals surface area contributed by atoms with Gasteiger partial charge in [-0.2, -0.15) is 0 Å². The molecule has 25 heavy (non-hydrogen) atoms. The number of ether oxygens (including phenoxy) is 1. The fourth-order valence-corrected chi connectivity index (χ4v) is 2.63. The second-order valence-corrected chi connectivity index (χ2v) is 6.43. The standard InChI is InChI=1S/C21H25NO3/c1-5-16(4)17-6-8-19(9-7-17)22-20(23)13-25-21(24)18-11-14(2)10-15(3)12-18/h6-12,16H,5,13H2,1-4H3,(H,22,23)/t16-/m0/s1. The Hall–Kier alpha value is -2.62. The SMILES string of the molecule is CC[C@H](C)c1ccc(NC(=O)COC(=O)c2cc(C)cc(C)c2)cc1. The number of benzene rings is 2. The Balaban J connectivity index is 1.89. The highest BCUT2D eigenvalue weighted by molar-refractivity contribution is 5.95. The molecule has 0 heterocycles. The van der Waals surface area contributed by atoms with E-state index in [1.54, 1.807) is 12.1 Å². The van der Waals surface area contributed by atoms with Crippen LogP contribution in [-0.2, 0) is 9.53 Å². The molecule has 0 saturated heterocycles. The van der Waals surface area contributed by atoms with E-state index < -0.39 is 5.97 Å². The average molecular weight is 339 g/mol. The van der Waals surface area contributed by atoms with Crippen molar-refractivity contribution in [2.24, 2.45) is 0 Å². The molecule has 0 aliphatic carbocycles. The van der Waals surface area contributed by atoms with Gasteiger partial charge in [0.2, 0.25) is 0 Å². The third-order valence-electron chi connectivity index (χ3n) is 4.17. The maximum absolute atomic E-state index is 12.1. The van der Waals surface area contributed by atoms with E-state index in [9.17, 15) is 9.59 Å². The van der Waals surface area contributed by atoms with Crippen LogP contribution in [0.15, 0.2) is 42.5 Å². The van der Waals surface area contributed by atoms with Crippen molar-refractivity contribution in [1.29, 1.82) is 0 Å². The molecule has 2 aromatic carbocycles. The Morgan fingerprint density at radius 1 is 1.04 bits per heavy atom. The quantitative estimate of drug-likeness (QED) is 0.782. The summed E-state index contributed by atoms with van der Waals surface area (Å²) in [5, 5.41) is 2.74. The highest BCUT2D eigenvalue weighted by Gasteiger charge is 2.11. The van der Waals surface area contributed by atoms with E-state index >= 15 is 0 Å². The Labute approximate surface area is 149 Å². The number of hydrogen-bond donors (Lipinski definition) is 1. The first-order chi connectivity index (χ1) is 11.9. The maximum atomic E-state index is 12.1. The lowest BCUT2D eigenvalue weighted by atomic mass is 9.99. The van der Waals surface area contributed by atoms with Crippen LogP contribution >= 0.6 is 0 Å². The molecule has 0 bridgehead atoms. The molecule has 1 atom stereocenters. The van der Waals surface area contributed by atoms with Gasteiger partial charge in [0.05, 0.1) is 5.56 Å². The van der Waals surface area contributed by atoms with Crippen molar-refractivity contribution in [2.75, 3.05) is 11.9 Å². The topological polar surface area (TPSA) is 55.4 Å². The predicted octanol–water partition coefficient (Wildman–Crippen LogP) is 4.61. The van der Waals surface area contributed by atoms with E-state index in [4.69, 9.17) is 4.74 Å². The molecular formula is C21H25NO3. The number of rotatable bonds is 6. The van der Waals surface area contributed by atoms with Gasteiger partial charge in [0.25, 0.3) is 5.91 Å². The first-order valence-corrected chi connectivity index (χ1v) is 8.54. The second-order valence-electron chi connectivity index (χ2n) is 6.43. The zero-order valence-corrected chi connectivity index (χ0v) is 15.3. The number of nitrogens with one attached hydrogen (secondary N) is 1. The molecule has 1 N–H and O–H groups in total. The van der Waals surface area contributed by atoms with Crippen LogP contribution < -0.4 is 5.32 Å². The van der Waals surface area contributed by atoms with Gasteiger partial charge in [-0.15, -0.1) is 0 Å². The van der Waals surface area contributed by atoms with Crippen LogP contribution in [0.25, 0.3) is 0 Å². The van der Waals surface area contributed by atoms with E-state index in [2.05, 4.69) is 19.2 Å². The molecule has 4 nitrogen and oxygen atoms in total. The Kier molecular flexibility index (Phi) is 6.34. The van der Waals surface area contributed by atoms with Crippen LogP contribution in [0, 0.1) is 13.8 Å². The summed E-state index contributed by atoms with van der Waals surface area (Å²) < 4.78 is 5.10. The third-order valence-corrected chi connectivity index (χ3v) is 4.17. The summed E-state index contributed by atoms with van der Waals surface area (Å²) in [7, 11) is 0. The van der Waals surface area contributed by atoms with Gasteiger partial charge in [0.15, 0.2) is 6.61 Å². The molecule has 132 valence electrons. The Morgan fingerprint density at radius 2 is 1.64 bits per heavy atom. The lowest BCUT2D eigenvalue weighted by Crippen LogP contribution is -2.21. The zero-order chi connectivity index (χ0) is 18.4. The van der Waals surface area contributed by atoms with Crippen LogP contribution in [0.3, 0.4) is 0 Å². The van der Waals surface area contributed by atoms with E-state index in [0.29, 0.717) is 17.2 Å². The fourth-order valence-electron chi connectivity index (χ4n) is 2.63. The third kappa shape index (κ3) is 5.45. The van der Waals surface area contributed by atoms with Gasteiger partial charge in [-0.05, 0) is 56.0 Å². The molecule has 0 spiro atoms. The van der Waals surface area contributed by atoms with Crippen molar-refractivity contribution in [3.8, 4) is 0 Å². The van der Waals surface area contributed by atoms with Crippen LogP contribution in [0.5, 0.6) is 0 Å². The first-order valence-electron chi connectivity index (χ1n) is 8.54. The molecule has 2 aromatic rings. The minimum Gasteiger partial charge on any atom is -0.452 e. The van der Waals surface area contributed by atoms with Crippen molar-refractivity contribution < 1.29 is 14.3 Å². The molecule has 0 aliphatic heterocycles. The fraction of sp³-hybridized carbons (Fsp3) is 0.333. The number of carbonyl (C=O) groups is 2. The number of hydrogen-bond acceptors (Lipinski definition) is 3. The minimum absolute atomic E-state index is 0.307. The van der Waals surface area contributed by atoms with Gasteiger partial charge in [-0.25, -0.2) is 4.79 Å². The highest BCUT2D eigenvalue weighted by atomic mass is 16.5. The average Bonchev–Trinajstić information content (AvgIpc) is 2.58. The van der Waals surface area contributed by atoms with Crippen LogP contribution in [0.4, 0.5) is 5.69 Å². The van der Waals surface area contributed by atoms with Gasteiger partial charge >= 0.3 is 5.97 Å². The molecule has 4 heteroatoms. The summed E-state index contributed by atoms with van der Waals surface area (Å²) in [6.45, 7) is 7.84. The van der Waals surface area contributed by atoms with Gasteiger partial charge in [0, 0.05) is 5.69 Å². The van der Waals surface area contributed by atoms with E-state index in [-0.39, 0.29) is 12.5 Å². The molecule has 2 rings (SSSR count). The molecule has 0 aliphatic rings. The summed E-state index contributed by atoms with van der Waals surface area (Å²) in [4.78, 5) is 24.0. The number of carbonyl (C=O) groups excluding carboxylic acids is 2. The Bertz CT molecular complexity index is 730. The summed E-state index contributed by atoms with van der Waals surface area (Å²) in [5.41, 5.74) is 4.36. The van der Waals surface area contributed by atoms with E-state index in [1.807, 2.05) is 44.2 Å². The highest BCUT2D eigenvalue weighted by Crippen LogP contribution is 2.20. The van der Waals surface area contributed by atoms with Crippen molar-refractivity contribution in [1.82, 2.24) is 0 Å². The lowest BCUT2D eigenvalue weighted by molar-refractivity contribution is -0.119. The van der Waals surface area contributed by atoms with Crippen LogP contribution in [-0.4, -0.2) is 18.5 Å². The summed E-state index contributed by atoms with van der Waals surface area (Å²) in [6, 6.07) is 13.2. The molecule has 0 radical (unpaired) electrons. The normalized spacial score (nSPS) is 11.7. The van der Waals surface area contributed by atoms with Crippen LogP contribution in [0.1, 0.15) is 53.2 Å². The summed E-state index contributed by atoms with van der Waals surface area (Å²) in [6.07, 6.45) is 1.07.